The Bertz CT molecular complexity index is 1610. The van der Waals surface area contributed by atoms with Crippen LogP contribution in [0.25, 0.3) is 11.4 Å². The largest absolute Gasteiger partial charge is 0.491 e. The van der Waals surface area contributed by atoms with Crippen LogP contribution in [0, 0.1) is 5.82 Å². The quantitative estimate of drug-likeness (QED) is 0.309. The molecule has 13 heteroatoms. The van der Waals surface area contributed by atoms with Crippen LogP contribution in [-0.4, -0.2) is 37.3 Å². The fourth-order valence-corrected chi connectivity index (χ4v) is 4.66. The number of ether oxygens (including phenoxy) is 1. The first-order valence-corrected chi connectivity index (χ1v) is 12.0. The molecule has 5 aromatic rings. The number of carbonyl (C=O) groups is 1. The molecule has 0 aliphatic heterocycles. The van der Waals surface area contributed by atoms with Crippen molar-refractivity contribution in [1.29, 1.82) is 0 Å². The monoisotopic (exact) mass is 540 g/mol. The lowest BCUT2D eigenvalue weighted by Gasteiger charge is -2.12. The lowest BCUT2D eigenvalue weighted by atomic mass is 10.2. The van der Waals surface area contributed by atoms with Gasteiger partial charge in [0.2, 0.25) is 0 Å². The number of aromatic nitrogens is 5. The van der Waals surface area contributed by atoms with Crippen LogP contribution in [0.15, 0.2) is 70.5 Å². The van der Waals surface area contributed by atoms with Gasteiger partial charge in [-0.3, -0.25) is 19.1 Å². The van der Waals surface area contributed by atoms with E-state index in [1.54, 1.807) is 36.5 Å². The number of nitrogens with zero attached hydrogens (tertiary/aromatic N) is 5. The number of halogens is 2. The highest BCUT2D eigenvalue weighted by Gasteiger charge is 2.27. The van der Waals surface area contributed by atoms with Gasteiger partial charge in [-0.1, -0.05) is 17.7 Å². The van der Waals surface area contributed by atoms with Crippen LogP contribution in [0.2, 0.25) is 4.34 Å². The van der Waals surface area contributed by atoms with E-state index in [0.717, 1.165) is 22.2 Å². The topological polar surface area (TPSA) is 117 Å². The predicted molar refractivity (Wildman–Crippen MR) is 135 cm³/mol. The normalized spacial score (nSPS) is 11.0. The van der Waals surface area contributed by atoms with Crippen LogP contribution >= 0.6 is 22.9 Å². The van der Waals surface area contributed by atoms with Gasteiger partial charge >= 0.3 is 5.91 Å². The zero-order chi connectivity index (χ0) is 25.9. The van der Waals surface area contributed by atoms with E-state index < -0.39 is 17.3 Å². The molecule has 188 valence electrons. The summed E-state index contributed by atoms with van der Waals surface area (Å²) in [5.41, 5.74) is -0.116. The summed E-state index contributed by atoms with van der Waals surface area (Å²) in [6.45, 7) is 0.196. The number of hydrogen-bond donors (Lipinski definition) is 1. The van der Waals surface area contributed by atoms with Gasteiger partial charge in [0.15, 0.2) is 29.5 Å². The molecule has 0 bridgehead atoms. The third-order valence-electron chi connectivity index (χ3n) is 5.38. The van der Waals surface area contributed by atoms with Crippen LogP contribution in [0.4, 0.5) is 10.2 Å². The van der Waals surface area contributed by atoms with Crippen LogP contribution in [0.1, 0.15) is 21.1 Å². The molecule has 37 heavy (non-hydrogen) atoms. The second-order valence-electron chi connectivity index (χ2n) is 7.66. The number of thiophene rings is 1. The van der Waals surface area contributed by atoms with Crippen molar-refractivity contribution >= 4 is 34.7 Å². The SMILES string of the molecule is COc1ccc(-c2nn(C(=O)c3cocn3)c(NCc3ccc(Cl)s3)c2F)n(Cc2ccccn2)c1=O. The molecule has 1 N–H and O–H groups in total. The summed E-state index contributed by atoms with van der Waals surface area (Å²) in [5.74, 6) is -1.71. The highest BCUT2D eigenvalue weighted by Crippen LogP contribution is 2.30. The number of carbonyl (C=O) groups excluding carboxylic acids is 1. The van der Waals surface area contributed by atoms with Gasteiger partial charge in [0.25, 0.3) is 5.56 Å². The number of nitrogens with one attached hydrogen (secondary N) is 1. The molecule has 0 spiro atoms. The highest BCUT2D eigenvalue weighted by atomic mass is 35.5. The predicted octanol–water partition coefficient (Wildman–Crippen LogP) is 4.31. The summed E-state index contributed by atoms with van der Waals surface area (Å²) in [4.78, 5) is 35.2. The molecule has 0 saturated heterocycles. The number of rotatable bonds is 8. The van der Waals surface area contributed by atoms with Crippen molar-refractivity contribution in [3.63, 3.8) is 0 Å². The van der Waals surface area contributed by atoms with Crippen LogP contribution < -0.4 is 15.6 Å². The molecule has 5 aromatic heterocycles. The molecule has 0 aliphatic carbocycles. The zero-order valence-electron chi connectivity index (χ0n) is 19.2. The third kappa shape index (κ3) is 4.88. The second-order valence-corrected chi connectivity index (χ2v) is 9.46. The van der Waals surface area contributed by atoms with E-state index in [2.05, 4.69) is 20.4 Å². The molecule has 0 fully saturated rings. The van der Waals surface area contributed by atoms with Crippen molar-refractivity contribution in [1.82, 2.24) is 24.3 Å². The molecule has 0 radical (unpaired) electrons. The number of oxazole rings is 1. The van der Waals surface area contributed by atoms with Gasteiger partial charge in [-0.05, 0) is 36.4 Å². The van der Waals surface area contributed by atoms with E-state index in [9.17, 15) is 9.59 Å². The standard InChI is InChI=1S/C24H18ClFN6O4S/c1-35-18-7-6-17(31(24(18)34)11-14-4-2-3-9-27-14)21-20(26)22(28-10-15-5-8-19(25)37-15)32(30-21)23(33)16-12-36-13-29-16/h2-9,12-13,28H,10-11H2,1H3. The van der Waals surface area contributed by atoms with Crippen molar-refractivity contribution in [3.8, 4) is 17.1 Å². The Morgan fingerprint density at radius 3 is 2.76 bits per heavy atom. The first-order valence-electron chi connectivity index (χ1n) is 10.8. The smallest absolute Gasteiger partial charge is 0.302 e. The van der Waals surface area contributed by atoms with E-state index in [0.29, 0.717) is 10.0 Å². The molecule has 10 nitrogen and oxygen atoms in total. The Labute approximate surface area is 217 Å². The van der Waals surface area contributed by atoms with Gasteiger partial charge < -0.3 is 14.5 Å². The average molecular weight is 541 g/mol. The minimum Gasteiger partial charge on any atom is -0.491 e. The molecule has 5 rings (SSSR count). The van der Waals surface area contributed by atoms with Crippen molar-refractivity contribution in [2.24, 2.45) is 0 Å². The van der Waals surface area contributed by atoms with Gasteiger partial charge in [0, 0.05) is 11.1 Å². The Morgan fingerprint density at radius 2 is 2.08 bits per heavy atom. The number of pyridine rings is 2. The lowest BCUT2D eigenvalue weighted by Crippen LogP contribution is -2.24. The molecule has 0 saturated carbocycles. The minimum absolute atomic E-state index is 0.0200. The molecule has 5 heterocycles. The lowest BCUT2D eigenvalue weighted by molar-refractivity contribution is 0.0942. The maximum absolute atomic E-state index is 16.0. The number of methoxy groups -OCH3 is 1. The van der Waals surface area contributed by atoms with Crippen LogP contribution in [-0.2, 0) is 13.1 Å². The van der Waals surface area contributed by atoms with E-state index >= 15 is 4.39 Å². The molecule has 0 unspecified atom stereocenters. The summed E-state index contributed by atoms with van der Waals surface area (Å²) < 4.78 is 28.8. The number of anilines is 1. The van der Waals surface area contributed by atoms with Gasteiger partial charge in [-0.15, -0.1) is 11.3 Å². The molecule has 0 aromatic carbocycles. The average Bonchev–Trinajstić information content (AvgIpc) is 3.65. The first-order chi connectivity index (χ1) is 18.0. The maximum atomic E-state index is 16.0. The van der Waals surface area contributed by atoms with Crippen LogP contribution in [0.3, 0.4) is 0 Å². The summed E-state index contributed by atoms with van der Waals surface area (Å²) in [7, 11) is 1.37. The number of hydrogen-bond acceptors (Lipinski definition) is 9. The highest BCUT2D eigenvalue weighted by molar-refractivity contribution is 7.16. The fourth-order valence-electron chi connectivity index (χ4n) is 3.64. The summed E-state index contributed by atoms with van der Waals surface area (Å²) in [5, 5.41) is 7.18. The Balaban J connectivity index is 1.63. The van der Waals surface area contributed by atoms with Crippen molar-refractivity contribution in [2.75, 3.05) is 12.4 Å². The van der Waals surface area contributed by atoms with E-state index in [1.165, 1.54) is 35.1 Å². The van der Waals surface area contributed by atoms with Gasteiger partial charge in [-0.25, -0.2) is 9.37 Å². The van der Waals surface area contributed by atoms with E-state index in [-0.39, 0.29) is 41.7 Å². The second kappa shape index (κ2) is 10.4. The van der Waals surface area contributed by atoms with Crippen molar-refractivity contribution in [3.05, 3.63) is 98.1 Å². The molecule has 0 atom stereocenters. The van der Waals surface area contributed by atoms with Crippen LogP contribution in [0.5, 0.6) is 5.75 Å². The van der Waals surface area contributed by atoms with Gasteiger partial charge in [0.05, 0.1) is 35.9 Å². The summed E-state index contributed by atoms with van der Waals surface area (Å²) >= 11 is 7.32. The first kappa shape index (κ1) is 24.4. The van der Waals surface area contributed by atoms with E-state index in [4.69, 9.17) is 20.8 Å². The summed E-state index contributed by atoms with van der Waals surface area (Å²) in [6.07, 6.45) is 3.81. The van der Waals surface area contributed by atoms with Gasteiger partial charge in [0.1, 0.15) is 12.0 Å². The third-order valence-corrected chi connectivity index (χ3v) is 6.61. The molecule has 0 amide bonds. The Kier molecular flexibility index (Phi) is 6.84. The molecular weight excluding hydrogens is 523 g/mol. The molecular formula is C24H18ClFN6O4S. The Hall–Kier alpha value is -4.29. The van der Waals surface area contributed by atoms with E-state index in [1.807, 2.05) is 0 Å². The zero-order valence-corrected chi connectivity index (χ0v) is 20.8. The van der Waals surface area contributed by atoms with Crippen molar-refractivity contribution in [2.45, 2.75) is 13.1 Å². The Morgan fingerprint density at radius 1 is 1.22 bits per heavy atom. The minimum atomic E-state index is -0.834. The fraction of sp³-hybridized carbons (Fsp3) is 0.125. The molecule has 0 aliphatic rings. The summed E-state index contributed by atoms with van der Waals surface area (Å²) in [6, 6.07) is 11.7. The maximum Gasteiger partial charge on any atom is 0.302 e. The van der Waals surface area contributed by atoms with Gasteiger partial charge in [-0.2, -0.15) is 9.78 Å². The van der Waals surface area contributed by atoms with Crippen molar-refractivity contribution < 1.29 is 18.3 Å².